The Bertz CT molecular complexity index is 720. The number of anilines is 1. The van der Waals surface area contributed by atoms with Crippen molar-refractivity contribution in [3.8, 4) is 0 Å². The normalized spacial score (nSPS) is 21.7. The lowest BCUT2D eigenvalue weighted by Gasteiger charge is -2.35. The number of carbonyl (C=O) groups excluding carboxylic acids is 1. The maximum Gasteiger partial charge on any atom is 0.255 e. The quantitative estimate of drug-likeness (QED) is 0.862. The van der Waals surface area contributed by atoms with Crippen LogP contribution in [-0.2, 0) is 0 Å². The molecule has 0 saturated carbocycles. The zero-order valence-corrected chi connectivity index (χ0v) is 14.7. The first-order valence-corrected chi connectivity index (χ1v) is 9.07. The van der Waals surface area contributed by atoms with Crippen LogP contribution in [0, 0.1) is 0 Å². The SMILES string of the molecule is CN1CCN(c2ccccc2C(=O)N2CCC(c3ccco3)C2)CC1. The van der Waals surface area contributed by atoms with Gasteiger partial charge in [0.25, 0.3) is 5.91 Å². The van der Waals surface area contributed by atoms with Crippen LogP contribution in [0.15, 0.2) is 47.1 Å². The number of para-hydroxylation sites is 1. The van der Waals surface area contributed by atoms with Gasteiger partial charge in [-0.3, -0.25) is 4.79 Å². The van der Waals surface area contributed by atoms with Crippen molar-refractivity contribution in [3.05, 3.63) is 54.0 Å². The number of furan rings is 1. The van der Waals surface area contributed by atoms with E-state index in [1.807, 2.05) is 35.2 Å². The minimum atomic E-state index is 0.142. The predicted molar refractivity (Wildman–Crippen MR) is 98.1 cm³/mol. The van der Waals surface area contributed by atoms with Crippen molar-refractivity contribution >= 4 is 11.6 Å². The van der Waals surface area contributed by atoms with Crippen LogP contribution < -0.4 is 4.90 Å². The highest BCUT2D eigenvalue weighted by atomic mass is 16.3. The molecule has 2 fully saturated rings. The summed E-state index contributed by atoms with van der Waals surface area (Å²) in [5.74, 6) is 1.45. The molecule has 2 saturated heterocycles. The Hall–Kier alpha value is -2.27. The van der Waals surface area contributed by atoms with Gasteiger partial charge in [-0.1, -0.05) is 12.1 Å². The Kier molecular flexibility index (Phi) is 4.49. The van der Waals surface area contributed by atoms with Gasteiger partial charge in [-0.25, -0.2) is 0 Å². The molecule has 0 bridgehead atoms. The average molecular weight is 339 g/mol. The first-order chi connectivity index (χ1) is 12.2. The number of carbonyl (C=O) groups is 1. The summed E-state index contributed by atoms with van der Waals surface area (Å²) in [7, 11) is 2.15. The average Bonchev–Trinajstić information content (AvgIpc) is 3.33. The number of hydrogen-bond donors (Lipinski definition) is 0. The summed E-state index contributed by atoms with van der Waals surface area (Å²) >= 11 is 0. The van der Waals surface area contributed by atoms with Crippen molar-refractivity contribution < 1.29 is 9.21 Å². The van der Waals surface area contributed by atoms with Crippen LogP contribution in [-0.4, -0.2) is 62.0 Å². The second-order valence-electron chi connectivity index (χ2n) is 7.06. The predicted octanol–water partition coefficient (Wildman–Crippen LogP) is 2.66. The number of hydrogen-bond acceptors (Lipinski definition) is 4. The van der Waals surface area contributed by atoms with Crippen molar-refractivity contribution in [2.45, 2.75) is 12.3 Å². The van der Waals surface area contributed by atoms with E-state index in [1.165, 1.54) is 0 Å². The molecule has 1 aromatic carbocycles. The molecule has 2 aliphatic heterocycles. The first-order valence-electron chi connectivity index (χ1n) is 9.07. The molecule has 4 rings (SSSR count). The van der Waals surface area contributed by atoms with Gasteiger partial charge in [0.2, 0.25) is 0 Å². The lowest BCUT2D eigenvalue weighted by molar-refractivity contribution is 0.0790. The topological polar surface area (TPSA) is 39.9 Å². The number of likely N-dealkylation sites (tertiary alicyclic amines) is 1. The summed E-state index contributed by atoms with van der Waals surface area (Å²) in [5, 5.41) is 0. The highest BCUT2D eigenvalue weighted by Crippen LogP contribution is 2.30. The monoisotopic (exact) mass is 339 g/mol. The van der Waals surface area contributed by atoms with Gasteiger partial charge in [0.1, 0.15) is 5.76 Å². The maximum atomic E-state index is 13.1. The molecule has 2 aromatic rings. The van der Waals surface area contributed by atoms with E-state index in [0.29, 0.717) is 5.92 Å². The second-order valence-corrected chi connectivity index (χ2v) is 7.06. The van der Waals surface area contributed by atoms with E-state index in [0.717, 1.165) is 62.7 Å². The fraction of sp³-hybridized carbons (Fsp3) is 0.450. The molecule has 2 aliphatic rings. The third-order valence-corrected chi connectivity index (χ3v) is 5.40. The van der Waals surface area contributed by atoms with E-state index in [1.54, 1.807) is 6.26 Å². The summed E-state index contributed by atoms with van der Waals surface area (Å²) in [6, 6.07) is 12.0. The van der Waals surface area contributed by atoms with Crippen molar-refractivity contribution in [1.82, 2.24) is 9.80 Å². The number of amides is 1. The van der Waals surface area contributed by atoms with Crippen LogP contribution in [0.1, 0.15) is 28.5 Å². The Morgan fingerprint density at radius 1 is 1.04 bits per heavy atom. The molecule has 132 valence electrons. The summed E-state index contributed by atoms with van der Waals surface area (Å²) in [5.41, 5.74) is 1.90. The van der Waals surface area contributed by atoms with E-state index in [2.05, 4.69) is 22.9 Å². The molecule has 0 radical (unpaired) electrons. The number of likely N-dealkylation sites (N-methyl/N-ethyl adjacent to an activating group) is 1. The van der Waals surface area contributed by atoms with Crippen molar-refractivity contribution in [2.24, 2.45) is 0 Å². The van der Waals surface area contributed by atoms with Crippen LogP contribution in [0.3, 0.4) is 0 Å². The highest BCUT2D eigenvalue weighted by molar-refractivity contribution is 6.00. The molecule has 1 aromatic heterocycles. The van der Waals surface area contributed by atoms with Crippen LogP contribution >= 0.6 is 0 Å². The number of benzene rings is 1. The second kappa shape index (κ2) is 6.92. The van der Waals surface area contributed by atoms with Crippen LogP contribution in [0.4, 0.5) is 5.69 Å². The lowest BCUT2D eigenvalue weighted by Crippen LogP contribution is -2.45. The van der Waals surface area contributed by atoms with Gasteiger partial charge < -0.3 is 19.1 Å². The fourth-order valence-electron chi connectivity index (χ4n) is 3.85. The largest absolute Gasteiger partial charge is 0.469 e. The third-order valence-electron chi connectivity index (χ3n) is 5.40. The van der Waals surface area contributed by atoms with Crippen molar-refractivity contribution in [3.63, 3.8) is 0 Å². The summed E-state index contributed by atoms with van der Waals surface area (Å²) in [4.78, 5) is 19.8. The van der Waals surface area contributed by atoms with Gasteiger partial charge in [0.15, 0.2) is 0 Å². The molecule has 1 unspecified atom stereocenters. The molecule has 5 heteroatoms. The molecule has 25 heavy (non-hydrogen) atoms. The van der Waals surface area contributed by atoms with Gasteiger partial charge >= 0.3 is 0 Å². The molecule has 0 spiro atoms. The number of rotatable bonds is 3. The fourth-order valence-corrected chi connectivity index (χ4v) is 3.85. The zero-order chi connectivity index (χ0) is 17.2. The summed E-state index contributed by atoms with van der Waals surface area (Å²) in [6.07, 6.45) is 2.68. The van der Waals surface area contributed by atoms with Gasteiger partial charge in [-0.2, -0.15) is 0 Å². The molecule has 5 nitrogen and oxygen atoms in total. The van der Waals surface area contributed by atoms with Crippen LogP contribution in [0.2, 0.25) is 0 Å². The summed E-state index contributed by atoms with van der Waals surface area (Å²) in [6.45, 7) is 5.54. The first kappa shape index (κ1) is 16.2. The number of piperazine rings is 1. The summed E-state index contributed by atoms with van der Waals surface area (Å²) < 4.78 is 5.53. The van der Waals surface area contributed by atoms with Crippen molar-refractivity contribution in [2.75, 3.05) is 51.2 Å². The number of nitrogens with zero attached hydrogens (tertiary/aromatic N) is 3. The van der Waals surface area contributed by atoms with E-state index in [9.17, 15) is 4.79 Å². The molecule has 0 N–H and O–H groups in total. The van der Waals surface area contributed by atoms with Gasteiger partial charge in [-0.15, -0.1) is 0 Å². The van der Waals surface area contributed by atoms with E-state index in [-0.39, 0.29) is 5.91 Å². The molecule has 3 heterocycles. The molecule has 0 aliphatic carbocycles. The lowest BCUT2D eigenvalue weighted by atomic mass is 10.1. The molecule has 1 atom stereocenters. The van der Waals surface area contributed by atoms with E-state index >= 15 is 0 Å². The maximum absolute atomic E-state index is 13.1. The highest BCUT2D eigenvalue weighted by Gasteiger charge is 2.31. The molecular weight excluding hydrogens is 314 g/mol. The minimum Gasteiger partial charge on any atom is -0.469 e. The van der Waals surface area contributed by atoms with E-state index < -0.39 is 0 Å². The van der Waals surface area contributed by atoms with Crippen LogP contribution in [0.5, 0.6) is 0 Å². The van der Waals surface area contributed by atoms with Gasteiger partial charge in [-0.05, 0) is 37.7 Å². The standard InChI is InChI=1S/C20H25N3O2/c1-21-10-12-22(13-11-21)18-6-3-2-5-17(18)20(24)23-9-8-16(15-23)19-7-4-14-25-19/h2-7,14,16H,8-13,15H2,1H3. The third kappa shape index (κ3) is 3.29. The Labute approximate surface area is 148 Å². The van der Waals surface area contributed by atoms with Crippen molar-refractivity contribution in [1.29, 1.82) is 0 Å². The smallest absolute Gasteiger partial charge is 0.255 e. The van der Waals surface area contributed by atoms with E-state index in [4.69, 9.17) is 4.42 Å². The molecule has 1 amide bonds. The Balaban J connectivity index is 1.51. The van der Waals surface area contributed by atoms with Gasteiger partial charge in [0.05, 0.1) is 11.8 Å². The van der Waals surface area contributed by atoms with Gasteiger partial charge in [0, 0.05) is 50.9 Å². The minimum absolute atomic E-state index is 0.142. The van der Waals surface area contributed by atoms with Crippen LogP contribution in [0.25, 0.3) is 0 Å². The zero-order valence-electron chi connectivity index (χ0n) is 14.7. The Morgan fingerprint density at radius 3 is 2.60 bits per heavy atom. The molecular formula is C20H25N3O2. The Morgan fingerprint density at radius 2 is 1.84 bits per heavy atom.